The first-order valence-electron chi connectivity index (χ1n) is 5.23. The van der Waals surface area contributed by atoms with E-state index in [9.17, 15) is 8.42 Å². The molecule has 2 aromatic rings. The number of anilines is 1. The molecule has 0 radical (unpaired) electrons. The van der Waals surface area contributed by atoms with Crippen molar-refractivity contribution in [1.82, 2.24) is 0 Å². The van der Waals surface area contributed by atoms with Gasteiger partial charge < -0.3 is 0 Å². The van der Waals surface area contributed by atoms with Crippen molar-refractivity contribution < 1.29 is 8.42 Å². The van der Waals surface area contributed by atoms with Gasteiger partial charge >= 0.3 is 0 Å². The van der Waals surface area contributed by atoms with Gasteiger partial charge in [0.15, 0.2) is 0 Å². The smallest absolute Gasteiger partial charge is 0.262 e. The Hall–Kier alpha value is -0.650. The Bertz CT molecular complexity index is 742. The van der Waals surface area contributed by atoms with Gasteiger partial charge in [-0.1, -0.05) is 52.5 Å². The SMILES string of the molecule is O=S(=O)(Nc1c(Cl)cccc1Cl)c1ccc(Cl)c(Cl)c1. The van der Waals surface area contributed by atoms with Crippen LogP contribution in [-0.4, -0.2) is 8.42 Å². The molecule has 8 heteroatoms. The Balaban J connectivity index is 2.43. The van der Waals surface area contributed by atoms with Crippen LogP contribution in [0.4, 0.5) is 5.69 Å². The first-order chi connectivity index (χ1) is 9.31. The number of para-hydroxylation sites is 1. The maximum absolute atomic E-state index is 12.2. The molecule has 2 rings (SSSR count). The summed E-state index contributed by atoms with van der Waals surface area (Å²) in [4.78, 5) is -0.0390. The molecule has 0 amide bonds. The average Bonchev–Trinajstić information content (AvgIpc) is 2.37. The van der Waals surface area contributed by atoms with E-state index in [0.29, 0.717) is 0 Å². The standard InChI is InChI=1S/C12H7Cl4NO2S/c13-8-5-4-7(6-11(8)16)20(18,19)17-12-9(14)2-1-3-10(12)15/h1-6,17H. The fourth-order valence-electron chi connectivity index (χ4n) is 1.43. The molecule has 0 saturated carbocycles. The summed E-state index contributed by atoms with van der Waals surface area (Å²) >= 11 is 23.4. The minimum Gasteiger partial charge on any atom is -0.277 e. The molecule has 0 atom stereocenters. The Labute approximate surface area is 136 Å². The molecule has 0 aliphatic heterocycles. The van der Waals surface area contributed by atoms with Crippen molar-refractivity contribution in [3.05, 3.63) is 56.5 Å². The van der Waals surface area contributed by atoms with Gasteiger partial charge in [0.25, 0.3) is 10.0 Å². The summed E-state index contributed by atoms with van der Waals surface area (Å²) in [5.74, 6) is 0. The number of benzene rings is 2. The van der Waals surface area contributed by atoms with Crippen LogP contribution in [0.15, 0.2) is 41.3 Å². The molecule has 0 aliphatic rings. The van der Waals surface area contributed by atoms with Gasteiger partial charge in [0.1, 0.15) is 0 Å². The van der Waals surface area contributed by atoms with E-state index < -0.39 is 10.0 Å². The molecular weight excluding hydrogens is 364 g/mol. The highest BCUT2D eigenvalue weighted by Gasteiger charge is 2.18. The van der Waals surface area contributed by atoms with Gasteiger partial charge in [-0.25, -0.2) is 8.42 Å². The van der Waals surface area contributed by atoms with Gasteiger partial charge in [0, 0.05) is 0 Å². The van der Waals surface area contributed by atoms with Crippen LogP contribution in [0.1, 0.15) is 0 Å². The van der Waals surface area contributed by atoms with Crippen LogP contribution in [0.5, 0.6) is 0 Å². The minimum absolute atomic E-state index is 0.0390. The predicted molar refractivity (Wildman–Crippen MR) is 83.7 cm³/mol. The van der Waals surface area contributed by atoms with Crippen molar-refractivity contribution in [3.8, 4) is 0 Å². The second-order valence-electron chi connectivity index (χ2n) is 3.78. The molecule has 106 valence electrons. The molecule has 20 heavy (non-hydrogen) atoms. The first kappa shape index (κ1) is 15.7. The van der Waals surface area contributed by atoms with Crippen LogP contribution in [0.25, 0.3) is 0 Å². The van der Waals surface area contributed by atoms with E-state index in [1.807, 2.05) is 0 Å². The lowest BCUT2D eigenvalue weighted by atomic mass is 10.3. The summed E-state index contributed by atoms with van der Waals surface area (Å²) in [5.41, 5.74) is 0.113. The van der Waals surface area contributed by atoms with E-state index in [2.05, 4.69) is 4.72 Å². The Kier molecular flexibility index (Phi) is 4.72. The van der Waals surface area contributed by atoms with Crippen LogP contribution in [0.3, 0.4) is 0 Å². The molecule has 0 unspecified atom stereocenters. The van der Waals surface area contributed by atoms with Crippen molar-refractivity contribution in [2.45, 2.75) is 4.90 Å². The van der Waals surface area contributed by atoms with E-state index in [1.54, 1.807) is 6.07 Å². The second kappa shape index (κ2) is 6.00. The van der Waals surface area contributed by atoms with E-state index >= 15 is 0 Å². The number of nitrogens with one attached hydrogen (secondary N) is 1. The van der Waals surface area contributed by atoms with Crippen molar-refractivity contribution >= 4 is 62.1 Å². The first-order valence-corrected chi connectivity index (χ1v) is 8.22. The maximum Gasteiger partial charge on any atom is 0.262 e. The number of halogens is 4. The molecule has 0 heterocycles. The molecule has 0 spiro atoms. The van der Waals surface area contributed by atoms with Crippen molar-refractivity contribution in [2.75, 3.05) is 4.72 Å². The highest BCUT2D eigenvalue weighted by Crippen LogP contribution is 2.32. The zero-order valence-corrected chi connectivity index (χ0v) is 13.5. The van der Waals surface area contributed by atoms with E-state index in [1.165, 1.54) is 30.3 Å². The third-order valence-electron chi connectivity index (χ3n) is 2.40. The minimum atomic E-state index is -3.86. The molecule has 0 bridgehead atoms. The highest BCUT2D eigenvalue weighted by atomic mass is 35.5. The fraction of sp³-hybridized carbons (Fsp3) is 0. The summed E-state index contributed by atoms with van der Waals surface area (Å²) in [5, 5.41) is 0.795. The monoisotopic (exact) mass is 369 g/mol. The van der Waals surface area contributed by atoms with E-state index in [-0.39, 0.29) is 30.7 Å². The molecule has 1 N–H and O–H groups in total. The van der Waals surface area contributed by atoms with Gasteiger partial charge in [-0.2, -0.15) is 0 Å². The van der Waals surface area contributed by atoms with Gasteiger partial charge in [-0.05, 0) is 30.3 Å². The number of sulfonamides is 1. The van der Waals surface area contributed by atoms with Gasteiger partial charge in [-0.15, -0.1) is 0 Å². The Morgan fingerprint density at radius 1 is 0.800 bits per heavy atom. The lowest BCUT2D eigenvalue weighted by Crippen LogP contribution is -2.13. The third-order valence-corrected chi connectivity index (χ3v) is 5.12. The average molecular weight is 371 g/mol. The molecular formula is C12H7Cl4NO2S. The molecule has 2 aromatic carbocycles. The van der Waals surface area contributed by atoms with E-state index in [4.69, 9.17) is 46.4 Å². The largest absolute Gasteiger partial charge is 0.277 e. The summed E-state index contributed by atoms with van der Waals surface area (Å²) in [6.45, 7) is 0. The van der Waals surface area contributed by atoms with Crippen LogP contribution in [0.2, 0.25) is 20.1 Å². The molecule has 0 fully saturated rings. The molecule has 3 nitrogen and oxygen atoms in total. The van der Waals surface area contributed by atoms with Gasteiger partial charge in [0.05, 0.1) is 30.7 Å². The van der Waals surface area contributed by atoms with Crippen LogP contribution in [-0.2, 0) is 10.0 Å². The quantitative estimate of drug-likeness (QED) is 0.816. The summed E-state index contributed by atoms with van der Waals surface area (Å²) in [6, 6.07) is 8.65. The number of hydrogen-bond acceptors (Lipinski definition) is 2. The Morgan fingerprint density at radius 3 is 1.95 bits per heavy atom. The zero-order chi connectivity index (χ0) is 14.9. The summed E-state index contributed by atoms with van der Waals surface area (Å²) in [6.07, 6.45) is 0. The predicted octanol–water partition coefficient (Wildman–Crippen LogP) is 5.10. The molecule has 0 aromatic heterocycles. The van der Waals surface area contributed by atoms with Gasteiger partial charge in [0.2, 0.25) is 0 Å². The van der Waals surface area contributed by atoms with Crippen molar-refractivity contribution in [3.63, 3.8) is 0 Å². The Morgan fingerprint density at radius 2 is 1.40 bits per heavy atom. The van der Waals surface area contributed by atoms with Crippen molar-refractivity contribution in [2.24, 2.45) is 0 Å². The van der Waals surface area contributed by atoms with E-state index in [0.717, 1.165) is 0 Å². The third kappa shape index (κ3) is 3.32. The fourth-order valence-corrected chi connectivity index (χ4v) is 3.53. The molecule has 0 aliphatic carbocycles. The maximum atomic E-state index is 12.2. The lowest BCUT2D eigenvalue weighted by Gasteiger charge is -2.11. The van der Waals surface area contributed by atoms with Crippen LogP contribution < -0.4 is 4.72 Å². The zero-order valence-electron chi connectivity index (χ0n) is 9.70. The summed E-state index contributed by atoms with van der Waals surface area (Å²) < 4.78 is 26.8. The number of hydrogen-bond donors (Lipinski definition) is 1. The molecule has 0 saturated heterocycles. The normalized spacial score (nSPS) is 11.4. The topological polar surface area (TPSA) is 46.2 Å². The second-order valence-corrected chi connectivity index (χ2v) is 7.09. The van der Waals surface area contributed by atoms with Crippen molar-refractivity contribution in [1.29, 1.82) is 0 Å². The summed E-state index contributed by atoms with van der Waals surface area (Å²) in [7, 11) is -3.86. The highest BCUT2D eigenvalue weighted by molar-refractivity contribution is 7.92. The van der Waals surface area contributed by atoms with Crippen LogP contribution >= 0.6 is 46.4 Å². The van der Waals surface area contributed by atoms with Gasteiger partial charge in [-0.3, -0.25) is 4.72 Å². The lowest BCUT2D eigenvalue weighted by molar-refractivity contribution is 0.601. The van der Waals surface area contributed by atoms with Crippen LogP contribution in [0, 0.1) is 0 Å². The number of rotatable bonds is 3.